The van der Waals surface area contributed by atoms with Gasteiger partial charge in [-0.2, -0.15) is 0 Å². The van der Waals surface area contributed by atoms with Crippen LogP contribution in [0.25, 0.3) is 0 Å². The zero-order valence-electron chi connectivity index (χ0n) is 9.50. The van der Waals surface area contributed by atoms with Crippen LogP contribution in [0.4, 0.5) is 11.4 Å². The van der Waals surface area contributed by atoms with Gasteiger partial charge in [0, 0.05) is 18.1 Å². The number of aliphatic imine (C=N–C) groups is 1. The van der Waals surface area contributed by atoms with Crippen molar-refractivity contribution in [2.24, 2.45) is 10.7 Å². The Labute approximate surface area is 111 Å². The number of nitrogens with zero attached hydrogens (tertiary/aromatic N) is 2. The van der Waals surface area contributed by atoms with E-state index in [1.165, 1.54) is 12.8 Å². The quantitative estimate of drug-likeness (QED) is 0.521. The molecule has 1 aromatic carbocycles. The van der Waals surface area contributed by atoms with Crippen molar-refractivity contribution in [2.45, 2.75) is 12.8 Å². The van der Waals surface area contributed by atoms with Crippen LogP contribution in [0.1, 0.15) is 12.8 Å². The number of alkyl halides is 1. The third-order valence-corrected chi connectivity index (χ3v) is 3.29. The molecule has 0 aromatic heterocycles. The highest BCUT2D eigenvalue weighted by molar-refractivity contribution is 6.31. The van der Waals surface area contributed by atoms with E-state index in [2.05, 4.69) is 9.89 Å². The Kier molecular flexibility index (Phi) is 4.13. The summed E-state index contributed by atoms with van der Waals surface area (Å²) in [5, 5.41) is 0.661. The van der Waals surface area contributed by atoms with Crippen LogP contribution in [-0.4, -0.2) is 24.8 Å². The Morgan fingerprint density at radius 1 is 1.35 bits per heavy atom. The van der Waals surface area contributed by atoms with Crippen molar-refractivity contribution in [2.75, 3.05) is 23.9 Å². The minimum absolute atomic E-state index is 0.228. The molecule has 0 spiro atoms. The van der Waals surface area contributed by atoms with E-state index in [9.17, 15) is 0 Å². The molecule has 2 N–H and O–H groups in total. The summed E-state index contributed by atoms with van der Waals surface area (Å²) in [7, 11) is 0. The van der Waals surface area contributed by atoms with Crippen LogP contribution >= 0.6 is 23.2 Å². The summed E-state index contributed by atoms with van der Waals surface area (Å²) in [6.45, 7) is 2.12. The van der Waals surface area contributed by atoms with E-state index in [-0.39, 0.29) is 5.88 Å². The first-order valence-corrected chi connectivity index (χ1v) is 6.55. The van der Waals surface area contributed by atoms with E-state index < -0.39 is 0 Å². The second kappa shape index (κ2) is 5.61. The Bertz CT molecular complexity index is 426. The predicted molar refractivity (Wildman–Crippen MR) is 74.9 cm³/mol. The van der Waals surface area contributed by atoms with Crippen molar-refractivity contribution >= 4 is 40.4 Å². The van der Waals surface area contributed by atoms with Gasteiger partial charge in [-0.15, -0.1) is 11.6 Å². The molecule has 0 radical (unpaired) electrons. The highest BCUT2D eigenvalue weighted by atomic mass is 35.5. The molecule has 2 rings (SSSR count). The van der Waals surface area contributed by atoms with E-state index in [0.29, 0.717) is 10.9 Å². The summed E-state index contributed by atoms with van der Waals surface area (Å²) in [6.07, 6.45) is 2.44. The summed E-state index contributed by atoms with van der Waals surface area (Å²) in [5.41, 5.74) is 7.57. The lowest BCUT2D eigenvalue weighted by molar-refractivity contribution is 0.949. The van der Waals surface area contributed by atoms with E-state index in [1.54, 1.807) is 0 Å². The van der Waals surface area contributed by atoms with Gasteiger partial charge >= 0.3 is 0 Å². The number of amidine groups is 1. The molecule has 17 heavy (non-hydrogen) atoms. The number of halogens is 2. The first-order chi connectivity index (χ1) is 8.20. The minimum Gasteiger partial charge on any atom is -0.386 e. The molecule has 0 bridgehead atoms. The summed E-state index contributed by atoms with van der Waals surface area (Å²) in [4.78, 5) is 6.62. The fraction of sp³-hybridized carbons (Fsp3) is 0.417. The molecule has 1 aliphatic heterocycles. The first-order valence-electron chi connectivity index (χ1n) is 5.64. The van der Waals surface area contributed by atoms with Gasteiger partial charge in [-0.3, -0.25) is 0 Å². The Hall–Kier alpha value is -0.930. The van der Waals surface area contributed by atoms with Gasteiger partial charge in [-0.1, -0.05) is 11.6 Å². The molecule has 0 saturated carbocycles. The lowest BCUT2D eigenvalue weighted by Crippen LogP contribution is -2.18. The Balaban J connectivity index is 2.36. The maximum absolute atomic E-state index is 5.99. The SMILES string of the molecule is NC(CCl)=Nc1cc(Cl)ccc1N1CCCC1. The number of rotatable bonds is 3. The molecule has 0 unspecified atom stereocenters. The normalized spacial score (nSPS) is 16.6. The van der Waals surface area contributed by atoms with E-state index >= 15 is 0 Å². The van der Waals surface area contributed by atoms with Crippen LogP contribution in [0.5, 0.6) is 0 Å². The lowest BCUT2D eigenvalue weighted by atomic mass is 10.2. The molecule has 0 amide bonds. The van der Waals surface area contributed by atoms with Crippen LogP contribution in [0.3, 0.4) is 0 Å². The summed E-state index contributed by atoms with van der Waals surface area (Å²) in [6, 6.07) is 5.70. The minimum atomic E-state index is 0.228. The van der Waals surface area contributed by atoms with E-state index in [4.69, 9.17) is 28.9 Å². The first kappa shape index (κ1) is 12.5. The molecule has 1 heterocycles. The van der Waals surface area contributed by atoms with Crippen molar-refractivity contribution in [3.05, 3.63) is 23.2 Å². The molecule has 1 aliphatic rings. The van der Waals surface area contributed by atoms with Crippen molar-refractivity contribution in [1.29, 1.82) is 0 Å². The summed E-state index contributed by atoms with van der Waals surface area (Å²) < 4.78 is 0. The Morgan fingerprint density at radius 3 is 2.71 bits per heavy atom. The topological polar surface area (TPSA) is 41.6 Å². The second-order valence-corrected chi connectivity index (χ2v) is 4.77. The molecular weight excluding hydrogens is 257 g/mol. The Morgan fingerprint density at radius 2 is 2.06 bits per heavy atom. The summed E-state index contributed by atoms with van der Waals surface area (Å²) >= 11 is 11.6. The maximum Gasteiger partial charge on any atom is 0.115 e. The molecule has 1 aromatic rings. The fourth-order valence-electron chi connectivity index (χ4n) is 2.00. The van der Waals surface area contributed by atoms with Gasteiger partial charge in [0.2, 0.25) is 0 Å². The lowest BCUT2D eigenvalue weighted by Gasteiger charge is -2.19. The largest absolute Gasteiger partial charge is 0.386 e. The number of nitrogens with two attached hydrogens (primary N) is 1. The molecular formula is C12H15Cl2N3. The molecule has 92 valence electrons. The van der Waals surface area contributed by atoms with Crippen LogP contribution in [0.15, 0.2) is 23.2 Å². The van der Waals surface area contributed by atoms with Crippen molar-refractivity contribution < 1.29 is 0 Å². The van der Waals surface area contributed by atoms with Crippen LogP contribution in [0, 0.1) is 0 Å². The number of anilines is 1. The van der Waals surface area contributed by atoms with Crippen molar-refractivity contribution in [3.8, 4) is 0 Å². The standard InChI is InChI=1S/C12H15Cl2N3/c13-8-12(15)16-10-7-9(14)3-4-11(10)17-5-1-2-6-17/h3-4,7H,1-2,5-6,8H2,(H2,15,16). The fourth-order valence-corrected chi connectivity index (χ4v) is 2.22. The number of hydrogen-bond acceptors (Lipinski definition) is 2. The van der Waals surface area contributed by atoms with Gasteiger partial charge in [-0.25, -0.2) is 4.99 Å². The van der Waals surface area contributed by atoms with Crippen LogP contribution in [-0.2, 0) is 0 Å². The molecule has 1 saturated heterocycles. The highest BCUT2D eigenvalue weighted by Gasteiger charge is 2.15. The van der Waals surface area contributed by atoms with Crippen molar-refractivity contribution in [1.82, 2.24) is 0 Å². The van der Waals surface area contributed by atoms with Crippen molar-refractivity contribution in [3.63, 3.8) is 0 Å². The average Bonchev–Trinajstić information content (AvgIpc) is 2.82. The monoisotopic (exact) mass is 271 g/mol. The molecule has 1 fully saturated rings. The molecule has 0 atom stereocenters. The highest BCUT2D eigenvalue weighted by Crippen LogP contribution is 2.33. The zero-order valence-corrected chi connectivity index (χ0v) is 11.0. The van der Waals surface area contributed by atoms with Crippen LogP contribution < -0.4 is 10.6 Å². The van der Waals surface area contributed by atoms with Gasteiger partial charge in [0.25, 0.3) is 0 Å². The summed E-state index contributed by atoms with van der Waals surface area (Å²) in [5.74, 6) is 0.640. The van der Waals surface area contributed by atoms with Gasteiger partial charge in [0.05, 0.1) is 17.3 Å². The molecule has 5 heteroatoms. The van der Waals surface area contributed by atoms with Gasteiger partial charge in [0.15, 0.2) is 0 Å². The van der Waals surface area contributed by atoms with Crippen LogP contribution in [0.2, 0.25) is 5.02 Å². The smallest absolute Gasteiger partial charge is 0.115 e. The third kappa shape index (κ3) is 3.05. The maximum atomic E-state index is 5.99. The number of hydrogen-bond donors (Lipinski definition) is 1. The van der Waals surface area contributed by atoms with E-state index in [1.807, 2.05) is 18.2 Å². The third-order valence-electron chi connectivity index (χ3n) is 2.79. The van der Waals surface area contributed by atoms with Gasteiger partial charge in [-0.05, 0) is 31.0 Å². The van der Waals surface area contributed by atoms with Gasteiger partial charge in [0.1, 0.15) is 5.84 Å². The molecule has 0 aliphatic carbocycles. The van der Waals surface area contributed by atoms with Gasteiger partial charge < -0.3 is 10.6 Å². The zero-order chi connectivity index (χ0) is 12.3. The van der Waals surface area contributed by atoms with E-state index in [0.717, 1.165) is 24.5 Å². The number of benzene rings is 1. The second-order valence-electron chi connectivity index (χ2n) is 4.06. The molecule has 3 nitrogen and oxygen atoms in total. The predicted octanol–water partition coefficient (Wildman–Crippen LogP) is 3.17. The average molecular weight is 272 g/mol.